The minimum absolute atomic E-state index is 0.162. The average molecular weight is 544 g/mol. The number of carbonyl (C=O) groups is 1. The number of aliphatic imine (C=N–C) groups is 1. The molecule has 4 aromatic rings. The Morgan fingerprint density at radius 1 is 1.18 bits per heavy atom. The van der Waals surface area contributed by atoms with Crippen molar-refractivity contribution in [3.63, 3.8) is 0 Å². The summed E-state index contributed by atoms with van der Waals surface area (Å²) in [7, 11) is 3.03. The van der Waals surface area contributed by atoms with Gasteiger partial charge in [0.05, 0.1) is 12.3 Å². The number of hydrogen-bond donors (Lipinski definition) is 1. The maximum atomic E-state index is 13.5. The molecule has 13 heteroatoms. The summed E-state index contributed by atoms with van der Waals surface area (Å²) in [6.07, 6.45) is -1.86. The number of H-pyrrole nitrogens is 1. The number of aromatic amines is 1. The second-order valence-electron chi connectivity index (χ2n) is 7.99. The van der Waals surface area contributed by atoms with E-state index >= 15 is 0 Å². The molecule has 2 aromatic carbocycles. The molecule has 2 heterocycles. The van der Waals surface area contributed by atoms with Crippen molar-refractivity contribution in [2.75, 3.05) is 25.6 Å². The van der Waals surface area contributed by atoms with Crippen LogP contribution in [0.4, 0.5) is 18.9 Å². The number of hydrogen-bond acceptors (Lipinski definition) is 7. The minimum atomic E-state index is -4.62. The van der Waals surface area contributed by atoms with Gasteiger partial charge in [-0.1, -0.05) is 28.9 Å². The van der Waals surface area contributed by atoms with Gasteiger partial charge in [0, 0.05) is 60.2 Å². The SMILES string of the molecule is CN=Cc1cc(C(F)(F)F)ncc1-c1cc(C(=O)N(C)c2ccccc2OCCc2nn[nH]n2)ccc1Cl. The zero-order chi connectivity index (χ0) is 27.3. The molecule has 9 nitrogen and oxygen atoms in total. The first-order valence-electron chi connectivity index (χ1n) is 11.2. The Kier molecular flexibility index (Phi) is 8.01. The first kappa shape index (κ1) is 26.7. The van der Waals surface area contributed by atoms with Gasteiger partial charge >= 0.3 is 6.18 Å². The van der Waals surface area contributed by atoms with Gasteiger partial charge in [-0.05, 0) is 36.4 Å². The fourth-order valence-corrected chi connectivity index (χ4v) is 3.88. The number of benzene rings is 2. The van der Waals surface area contributed by atoms with Gasteiger partial charge in [-0.3, -0.25) is 14.8 Å². The Balaban J connectivity index is 1.62. The summed E-state index contributed by atoms with van der Waals surface area (Å²) in [6.45, 7) is 0.256. The van der Waals surface area contributed by atoms with E-state index in [0.717, 1.165) is 12.3 Å². The standard InChI is InChI=1S/C25H21ClF3N7O2/c1-30-13-16-12-22(25(27,28)29)31-14-18(16)17-11-15(7-8-19(17)26)24(37)36(2)20-5-3-4-6-21(20)38-10-9-23-32-34-35-33-23/h3-8,11-14H,9-10H2,1-2H3,(H,32,33,34,35). The Labute approximate surface area is 220 Å². The lowest BCUT2D eigenvalue weighted by molar-refractivity contribution is -0.141. The average Bonchev–Trinajstić information content (AvgIpc) is 3.42. The van der Waals surface area contributed by atoms with E-state index in [9.17, 15) is 18.0 Å². The number of rotatable bonds is 8. The molecule has 196 valence electrons. The number of amides is 1. The van der Waals surface area contributed by atoms with Crippen LogP contribution in [-0.2, 0) is 12.6 Å². The van der Waals surface area contributed by atoms with Crippen LogP contribution in [0, 0.1) is 0 Å². The summed E-state index contributed by atoms with van der Waals surface area (Å²) < 4.78 is 45.5. The van der Waals surface area contributed by atoms with Crippen LogP contribution in [0.15, 0.2) is 59.7 Å². The Morgan fingerprint density at radius 3 is 2.68 bits per heavy atom. The predicted octanol–water partition coefficient (Wildman–Crippen LogP) is 4.88. The zero-order valence-corrected chi connectivity index (χ0v) is 21.0. The first-order valence-corrected chi connectivity index (χ1v) is 11.6. The van der Waals surface area contributed by atoms with Crippen molar-refractivity contribution >= 4 is 29.4 Å². The van der Waals surface area contributed by atoms with Gasteiger partial charge in [0.1, 0.15) is 11.4 Å². The predicted molar refractivity (Wildman–Crippen MR) is 136 cm³/mol. The third kappa shape index (κ3) is 5.97. The molecule has 38 heavy (non-hydrogen) atoms. The fourth-order valence-electron chi connectivity index (χ4n) is 3.66. The van der Waals surface area contributed by atoms with Gasteiger partial charge in [0.15, 0.2) is 5.82 Å². The Bertz CT molecular complexity index is 1460. The van der Waals surface area contributed by atoms with Crippen LogP contribution in [0.1, 0.15) is 27.4 Å². The number of para-hydroxylation sites is 2. The van der Waals surface area contributed by atoms with Crippen molar-refractivity contribution in [1.82, 2.24) is 25.6 Å². The van der Waals surface area contributed by atoms with Crippen LogP contribution < -0.4 is 9.64 Å². The molecule has 4 rings (SSSR count). The van der Waals surface area contributed by atoms with Gasteiger partial charge in [-0.25, -0.2) is 0 Å². The van der Waals surface area contributed by atoms with E-state index in [4.69, 9.17) is 16.3 Å². The number of carbonyl (C=O) groups excluding carboxylic acids is 1. The summed E-state index contributed by atoms with van der Waals surface area (Å²) >= 11 is 6.40. The molecule has 1 N–H and O–H groups in total. The minimum Gasteiger partial charge on any atom is -0.491 e. The molecule has 0 atom stereocenters. The van der Waals surface area contributed by atoms with E-state index in [1.165, 1.54) is 36.4 Å². The van der Waals surface area contributed by atoms with Crippen molar-refractivity contribution in [3.8, 4) is 16.9 Å². The molecule has 0 unspecified atom stereocenters. The molecular formula is C25H21ClF3N7O2. The number of pyridine rings is 1. The molecule has 0 aliphatic rings. The van der Waals surface area contributed by atoms with Gasteiger partial charge in [-0.2, -0.15) is 18.4 Å². The normalized spacial score (nSPS) is 11.6. The van der Waals surface area contributed by atoms with E-state index in [0.29, 0.717) is 34.8 Å². The lowest BCUT2D eigenvalue weighted by atomic mass is 9.99. The number of nitrogens with zero attached hydrogens (tertiary/aromatic N) is 6. The van der Waals surface area contributed by atoms with Crippen molar-refractivity contribution in [2.45, 2.75) is 12.6 Å². The second-order valence-corrected chi connectivity index (χ2v) is 8.40. The van der Waals surface area contributed by atoms with Crippen LogP contribution in [0.3, 0.4) is 0 Å². The number of ether oxygens (including phenoxy) is 1. The summed E-state index contributed by atoms with van der Waals surface area (Å²) in [6, 6.07) is 12.5. The second kappa shape index (κ2) is 11.4. The molecule has 0 aliphatic carbocycles. The van der Waals surface area contributed by atoms with Crippen LogP contribution in [-0.4, -0.2) is 58.4 Å². The van der Waals surface area contributed by atoms with E-state index in [2.05, 4.69) is 30.6 Å². The van der Waals surface area contributed by atoms with E-state index in [1.54, 1.807) is 31.3 Å². The molecule has 0 saturated carbocycles. The lowest BCUT2D eigenvalue weighted by Crippen LogP contribution is -2.27. The highest BCUT2D eigenvalue weighted by Gasteiger charge is 2.33. The highest BCUT2D eigenvalue weighted by atomic mass is 35.5. The number of alkyl halides is 3. The number of halogens is 4. The van der Waals surface area contributed by atoms with Crippen molar-refractivity contribution in [2.24, 2.45) is 4.99 Å². The highest BCUT2D eigenvalue weighted by Crippen LogP contribution is 2.35. The van der Waals surface area contributed by atoms with Crippen LogP contribution in [0.25, 0.3) is 11.1 Å². The number of nitrogens with one attached hydrogen (secondary N) is 1. The number of anilines is 1. The molecule has 0 radical (unpaired) electrons. The molecule has 0 spiro atoms. The van der Waals surface area contributed by atoms with Crippen molar-refractivity contribution in [3.05, 3.63) is 82.4 Å². The Morgan fingerprint density at radius 2 is 1.97 bits per heavy atom. The third-order valence-corrected chi connectivity index (χ3v) is 5.83. The van der Waals surface area contributed by atoms with Crippen molar-refractivity contribution in [1.29, 1.82) is 0 Å². The lowest BCUT2D eigenvalue weighted by Gasteiger charge is -2.21. The van der Waals surface area contributed by atoms with Crippen molar-refractivity contribution < 1.29 is 22.7 Å². The van der Waals surface area contributed by atoms with E-state index < -0.39 is 11.9 Å². The summed E-state index contributed by atoms with van der Waals surface area (Å²) in [4.78, 5) is 22.3. The van der Waals surface area contributed by atoms with Crippen LogP contribution >= 0.6 is 11.6 Å². The zero-order valence-electron chi connectivity index (χ0n) is 20.2. The molecule has 1 amide bonds. The van der Waals surface area contributed by atoms with Gasteiger partial charge in [-0.15, -0.1) is 10.2 Å². The van der Waals surface area contributed by atoms with Gasteiger partial charge in [0.2, 0.25) is 0 Å². The van der Waals surface area contributed by atoms with Gasteiger partial charge in [0.25, 0.3) is 5.91 Å². The molecule has 0 saturated heterocycles. The topological polar surface area (TPSA) is 109 Å². The van der Waals surface area contributed by atoms with Crippen LogP contribution in [0.5, 0.6) is 5.75 Å². The quantitative estimate of drug-likeness (QED) is 0.317. The summed E-state index contributed by atoms with van der Waals surface area (Å²) in [5, 5.41) is 13.9. The summed E-state index contributed by atoms with van der Waals surface area (Å²) in [5.41, 5.74) is 0.512. The van der Waals surface area contributed by atoms with Crippen LogP contribution in [0.2, 0.25) is 5.02 Å². The Hall–Kier alpha value is -4.32. The monoisotopic (exact) mass is 543 g/mol. The van der Waals surface area contributed by atoms with Gasteiger partial charge < -0.3 is 9.64 Å². The smallest absolute Gasteiger partial charge is 0.433 e. The maximum Gasteiger partial charge on any atom is 0.433 e. The molecule has 0 fully saturated rings. The maximum absolute atomic E-state index is 13.5. The third-order valence-electron chi connectivity index (χ3n) is 5.50. The summed E-state index contributed by atoms with van der Waals surface area (Å²) in [5.74, 6) is 0.572. The molecular weight excluding hydrogens is 523 g/mol. The molecule has 0 aliphatic heterocycles. The highest BCUT2D eigenvalue weighted by molar-refractivity contribution is 6.33. The first-order chi connectivity index (χ1) is 18.2. The molecule has 2 aromatic heterocycles. The van der Waals surface area contributed by atoms with E-state index in [-0.39, 0.29) is 28.7 Å². The number of tetrazole rings is 1. The number of aromatic nitrogens is 5. The largest absolute Gasteiger partial charge is 0.491 e. The van der Waals surface area contributed by atoms with E-state index in [1.807, 2.05) is 0 Å². The molecule has 0 bridgehead atoms. The fraction of sp³-hybridized carbons (Fsp3) is 0.200.